The average molecular weight is 263 g/mol. The largest absolute Gasteiger partial charge is 0.367 e. The van der Waals surface area contributed by atoms with Gasteiger partial charge in [-0.05, 0) is 37.1 Å². The minimum Gasteiger partial charge on any atom is -0.367 e. The van der Waals surface area contributed by atoms with Gasteiger partial charge in [0.2, 0.25) is 0 Å². The van der Waals surface area contributed by atoms with Gasteiger partial charge >= 0.3 is 0 Å². The fourth-order valence-electron chi connectivity index (χ4n) is 2.58. The van der Waals surface area contributed by atoms with Gasteiger partial charge in [0.1, 0.15) is 5.54 Å². The van der Waals surface area contributed by atoms with Crippen molar-refractivity contribution in [2.45, 2.75) is 50.5 Å². The zero-order valence-electron chi connectivity index (χ0n) is 10.6. The Bertz CT molecular complexity index is 411. The Balaban J connectivity index is 2.11. The Labute approximate surface area is 114 Å². The molecule has 0 bridgehead atoms. The second kappa shape index (κ2) is 6.11. The predicted molar refractivity (Wildman–Crippen MR) is 75.7 cm³/mol. The number of hydrogen-bond acceptors (Lipinski definition) is 2. The third-order valence-corrected chi connectivity index (χ3v) is 3.90. The molecule has 18 heavy (non-hydrogen) atoms. The molecule has 1 aliphatic carbocycles. The molecular weight excluding hydrogens is 244 g/mol. The van der Waals surface area contributed by atoms with Crippen molar-refractivity contribution in [2.75, 3.05) is 5.32 Å². The number of benzene rings is 1. The van der Waals surface area contributed by atoms with E-state index in [1.54, 1.807) is 0 Å². The van der Waals surface area contributed by atoms with Gasteiger partial charge < -0.3 is 5.32 Å². The molecule has 0 heterocycles. The minimum atomic E-state index is -0.395. The smallest absolute Gasteiger partial charge is 0.125 e. The summed E-state index contributed by atoms with van der Waals surface area (Å²) in [7, 11) is 0. The first-order valence-corrected chi connectivity index (χ1v) is 7.07. The summed E-state index contributed by atoms with van der Waals surface area (Å²) in [5.74, 6) is 0. The van der Waals surface area contributed by atoms with Crippen LogP contribution < -0.4 is 5.32 Å². The molecule has 1 aliphatic rings. The maximum Gasteiger partial charge on any atom is 0.125 e. The molecule has 1 aromatic rings. The molecule has 1 N–H and O–H groups in total. The number of hydrogen-bond donors (Lipinski definition) is 1. The molecule has 0 atom stereocenters. The van der Waals surface area contributed by atoms with Crippen LogP contribution >= 0.6 is 11.6 Å². The first kappa shape index (κ1) is 13.2. The van der Waals surface area contributed by atoms with Crippen molar-refractivity contribution in [3.8, 4) is 6.07 Å². The molecule has 1 aromatic carbocycles. The quantitative estimate of drug-likeness (QED) is 0.834. The summed E-state index contributed by atoms with van der Waals surface area (Å²) < 4.78 is 0. The molecular formula is C15H19ClN2. The molecule has 1 fully saturated rings. The maximum atomic E-state index is 9.54. The van der Waals surface area contributed by atoms with E-state index in [9.17, 15) is 5.26 Å². The van der Waals surface area contributed by atoms with Gasteiger partial charge in [0, 0.05) is 10.7 Å². The summed E-state index contributed by atoms with van der Waals surface area (Å²) in [5.41, 5.74) is 0.593. The normalized spacial score (nSPS) is 19.3. The maximum absolute atomic E-state index is 9.54. The van der Waals surface area contributed by atoms with Gasteiger partial charge in [0.05, 0.1) is 6.07 Å². The Morgan fingerprint density at radius 1 is 1.00 bits per heavy atom. The molecule has 0 radical (unpaired) electrons. The molecule has 2 rings (SSSR count). The molecule has 0 aliphatic heterocycles. The number of nitrogens with one attached hydrogen (secondary N) is 1. The van der Waals surface area contributed by atoms with Gasteiger partial charge in [-0.1, -0.05) is 43.7 Å². The van der Waals surface area contributed by atoms with E-state index >= 15 is 0 Å². The molecule has 1 saturated carbocycles. The summed E-state index contributed by atoms with van der Waals surface area (Å²) in [6.45, 7) is 0. The van der Waals surface area contributed by atoms with Crippen molar-refractivity contribution in [3.05, 3.63) is 29.3 Å². The van der Waals surface area contributed by atoms with E-state index < -0.39 is 5.54 Å². The molecule has 0 amide bonds. The van der Waals surface area contributed by atoms with Crippen LogP contribution in [0.25, 0.3) is 0 Å². The van der Waals surface area contributed by atoms with E-state index in [-0.39, 0.29) is 0 Å². The summed E-state index contributed by atoms with van der Waals surface area (Å²) in [6, 6.07) is 10.1. The van der Waals surface area contributed by atoms with E-state index in [1.807, 2.05) is 24.3 Å². The van der Waals surface area contributed by atoms with E-state index in [4.69, 9.17) is 11.6 Å². The minimum absolute atomic E-state index is 0.395. The topological polar surface area (TPSA) is 35.8 Å². The number of nitrogens with zero attached hydrogens (tertiary/aromatic N) is 1. The lowest BCUT2D eigenvalue weighted by molar-refractivity contribution is 0.410. The van der Waals surface area contributed by atoms with Crippen molar-refractivity contribution >= 4 is 17.3 Å². The highest BCUT2D eigenvalue weighted by Gasteiger charge is 2.29. The number of halogens is 1. The fraction of sp³-hybridized carbons (Fsp3) is 0.533. The van der Waals surface area contributed by atoms with E-state index in [2.05, 4.69) is 11.4 Å². The third-order valence-electron chi connectivity index (χ3n) is 3.65. The van der Waals surface area contributed by atoms with Gasteiger partial charge in [-0.3, -0.25) is 0 Å². The van der Waals surface area contributed by atoms with Crippen LogP contribution in [0.5, 0.6) is 0 Å². The molecule has 0 spiro atoms. The lowest BCUT2D eigenvalue weighted by Gasteiger charge is -2.30. The van der Waals surface area contributed by atoms with Crippen LogP contribution in [-0.4, -0.2) is 5.54 Å². The highest BCUT2D eigenvalue weighted by molar-refractivity contribution is 6.30. The highest BCUT2D eigenvalue weighted by atomic mass is 35.5. The second-order valence-electron chi connectivity index (χ2n) is 5.09. The van der Waals surface area contributed by atoms with Crippen molar-refractivity contribution < 1.29 is 0 Å². The number of nitriles is 1. The van der Waals surface area contributed by atoms with Crippen LogP contribution in [0.3, 0.4) is 0 Å². The van der Waals surface area contributed by atoms with Crippen LogP contribution in [-0.2, 0) is 0 Å². The lowest BCUT2D eigenvalue weighted by Crippen LogP contribution is -2.37. The molecule has 2 nitrogen and oxygen atoms in total. The van der Waals surface area contributed by atoms with Crippen LogP contribution in [0.2, 0.25) is 5.02 Å². The van der Waals surface area contributed by atoms with Crippen molar-refractivity contribution in [3.63, 3.8) is 0 Å². The highest BCUT2D eigenvalue weighted by Crippen LogP contribution is 2.29. The van der Waals surface area contributed by atoms with E-state index in [1.165, 1.54) is 19.3 Å². The predicted octanol–water partition coefficient (Wildman–Crippen LogP) is 4.76. The van der Waals surface area contributed by atoms with E-state index in [0.717, 1.165) is 36.4 Å². The number of rotatable bonds is 2. The van der Waals surface area contributed by atoms with E-state index in [0.29, 0.717) is 0 Å². The Kier molecular flexibility index (Phi) is 4.49. The second-order valence-corrected chi connectivity index (χ2v) is 5.53. The molecule has 96 valence electrons. The summed E-state index contributed by atoms with van der Waals surface area (Å²) in [6.07, 6.45) is 7.93. The van der Waals surface area contributed by atoms with Crippen molar-refractivity contribution in [2.24, 2.45) is 0 Å². The third kappa shape index (κ3) is 3.40. The fourth-order valence-corrected chi connectivity index (χ4v) is 2.71. The molecule has 0 aromatic heterocycles. The monoisotopic (exact) mass is 262 g/mol. The molecule has 0 saturated heterocycles. The summed E-state index contributed by atoms with van der Waals surface area (Å²) in [4.78, 5) is 0. The Morgan fingerprint density at radius 3 is 2.11 bits per heavy atom. The van der Waals surface area contributed by atoms with Gasteiger partial charge in [-0.2, -0.15) is 5.26 Å². The SMILES string of the molecule is N#CC1(Nc2ccc(Cl)cc2)CCCCCCC1. The van der Waals surface area contributed by atoms with Crippen LogP contribution in [0, 0.1) is 11.3 Å². The van der Waals surface area contributed by atoms with Gasteiger partial charge in [-0.15, -0.1) is 0 Å². The Morgan fingerprint density at radius 2 is 1.56 bits per heavy atom. The number of anilines is 1. The zero-order chi connectivity index (χ0) is 12.8. The van der Waals surface area contributed by atoms with Crippen molar-refractivity contribution in [1.82, 2.24) is 0 Å². The molecule has 0 unspecified atom stereocenters. The first-order chi connectivity index (χ1) is 8.74. The Hall–Kier alpha value is -1.20. The average Bonchev–Trinajstić information content (AvgIpc) is 2.36. The first-order valence-electron chi connectivity index (χ1n) is 6.69. The summed E-state index contributed by atoms with van der Waals surface area (Å²) >= 11 is 5.88. The molecule has 3 heteroatoms. The standard InChI is InChI=1S/C15H19ClN2/c16-13-6-8-14(9-7-13)18-15(12-17)10-4-2-1-3-5-11-15/h6-9,18H,1-5,10-11H2. The lowest BCUT2D eigenvalue weighted by atomic mass is 9.85. The van der Waals surface area contributed by atoms with Gasteiger partial charge in [-0.25, -0.2) is 0 Å². The zero-order valence-corrected chi connectivity index (χ0v) is 11.3. The van der Waals surface area contributed by atoms with Crippen LogP contribution in [0.4, 0.5) is 5.69 Å². The summed E-state index contributed by atoms with van der Waals surface area (Å²) in [5, 5.41) is 13.7. The van der Waals surface area contributed by atoms with Crippen LogP contribution in [0.15, 0.2) is 24.3 Å². The van der Waals surface area contributed by atoms with Crippen molar-refractivity contribution in [1.29, 1.82) is 5.26 Å². The van der Waals surface area contributed by atoms with Gasteiger partial charge in [0.25, 0.3) is 0 Å². The van der Waals surface area contributed by atoms with Gasteiger partial charge in [0.15, 0.2) is 0 Å². The van der Waals surface area contributed by atoms with Crippen LogP contribution in [0.1, 0.15) is 44.9 Å².